The SMILES string of the molecule is O=C(c1ccco1)N1CC[C@H](O)[C@](CO)(Cc2ccccc2)C1. The van der Waals surface area contributed by atoms with Gasteiger partial charge in [0.25, 0.3) is 5.91 Å². The van der Waals surface area contributed by atoms with Crippen LogP contribution < -0.4 is 0 Å². The molecule has 0 saturated carbocycles. The number of aliphatic hydroxyl groups is 2. The fraction of sp³-hybridized carbons (Fsp3) is 0.389. The van der Waals surface area contributed by atoms with Crippen LogP contribution in [0.3, 0.4) is 0 Å². The second-order valence-corrected chi connectivity index (χ2v) is 6.19. The Balaban J connectivity index is 1.82. The highest BCUT2D eigenvalue weighted by Gasteiger charge is 2.44. The number of piperidine rings is 1. The van der Waals surface area contributed by atoms with Crippen LogP contribution in [0.2, 0.25) is 0 Å². The van der Waals surface area contributed by atoms with Gasteiger partial charge in [0, 0.05) is 18.5 Å². The maximum atomic E-state index is 12.5. The van der Waals surface area contributed by atoms with Crippen molar-refractivity contribution in [2.45, 2.75) is 18.9 Å². The van der Waals surface area contributed by atoms with E-state index in [4.69, 9.17) is 4.42 Å². The van der Waals surface area contributed by atoms with Crippen LogP contribution in [-0.4, -0.2) is 46.8 Å². The predicted octanol–water partition coefficient (Wildman–Crippen LogP) is 1.71. The van der Waals surface area contributed by atoms with Gasteiger partial charge in [0.1, 0.15) is 0 Å². The van der Waals surface area contributed by atoms with Crippen LogP contribution in [0.4, 0.5) is 0 Å². The quantitative estimate of drug-likeness (QED) is 0.901. The second kappa shape index (κ2) is 6.56. The minimum absolute atomic E-state index is 0.176. The number of benzene rings is 1. The number of rotatable bonds is 4. The molecule has 23 heavy (non-hydrogen) atoms. The highest BCUT2D eigenvalue weighted by Crippen LogP contribution is 2.34. The molecular formula is C18H21NO4. The maximum absolute atomic E-state index is 12.5. The third-order valence-corrected chi connectivity index (χ3v) is 4.62. The number of amides is 1. The third kappa shape index (κ3) is 3.16. The molecule has 0 spiro atoms. The van der Waals surface area contributed by atoms with E-state index in [1.165, 1.54) is 6.26 Å². The Hall–Kier alpha value is -2.11. The molecule has 1 aliphatic rings. The van der Waals surface area contributed by atoms with Crippen molar-refractivity contribution in [3.8, 4) is 0 Å². The van der Waals surface area contributed by atoms with Crippen LogP contribution in [0.25, 0.3) is 0 Å². The number of nitrogens with zero attached hydrogens (tertiary/aromatic N) is 1. The van der Waals surface area contributed by atoms with Crippen LogP contribution in [-0.2, 0) is 6.42 Å². The molecule has 0 aliphatic carbocycles. The summed E-state index contributed by atoms with van der Waals surface area (Å²) in [5, 5.41) is 20.5. The Kier molecular flexibility index (Phi) is 4.50. The Morgan fingerprint density at radius 1 is 1.26 bits per heavy atom. The van der Waals surface area contributed by atoms with Crippen molar-refractivity contribution in [3.05, 3.63) is 60.1 Å². The van der Waals surface area contributed by atoms with E-state index < -0.39 is 11.5 Å². The van der Waals surface area contributed by atoms with Crippen LogP contribution >= 0.6 is 0 Å². The van der Waals surface area contributed by atoms with Crippen molar-refractivity contribution in [1.82, 2.24) is 4.90 Å². The summed E-state index contributed by atoms with van der Waals surface area (Å²) in [5.41, 5.74) is 0.287. The van der Waals surface area contributed by atoms with Crippen molar-refractivity contribution in [2.24, 2.45) is 5.41 Å². The summed E-state index contributed by atoms with van der Waals surface area (Å²) >= 11 is 0. The molecule has 0 bridgehead atoms. The summed E-state index contributed by atoms with van der Waals surface area (Å²) in [7, 11) is 0. The standard InChI is InChI=1S/C18H21NO4/c20-13-18(11-14-5-2-1-3-6-14)12-19(9-8-16(18)21)17(22)15-7-4-10-23-15/h1-7,10,16,20-21H,8-9,11-13H2/t16-,18+/m0/s1. The Morgan fingerprint density at radius 2 is 2.04 bits per heavy atom. The molecule has 2 atom stereocenters. The number of carbonyl (C=O) groups excluding carboxylic acids is 1. The minimum Gasteiger partial charge on any atom is -0.459 e. The van der Waals surface area contributed by atoms with Gasteiger partial charge in [0.05, 0.1) is 19.0 Å². The van der Waals surface area contributed by atoms with Crippen LogP contribution in [0.15, 0.2) is 53.1 Å². The Bertz CT molecular complexity index is 640. The van der Waals surface area contributed by atoms with Gasteiger partial charge in [-0.25, -0.2) is 0 Å². The predicted molar refractivity (Wildman–Crippen MR) is 84.9 cm³/mol. The number of carbonyl (C=O) groups is 1. The molecule has 122 valence electrons. The summed E-state index contributed by atoms with van der Waals surface area (Å²) in [6, 6.07) is 13.0. The zero-order valence-electron chi connectivity index (χ0n) is 12.9. The fourth-order valence-electron chi connectivity index (χ4n) is 3.27. The largest absolute Gasteiger partial charge is 0.459 e. The minimum atomic E-state index is -0.748. The molecule has 1 fully saturated rings. The Labute approximate surface area is 135 Å². The summed E-state index contributed by atoms with van der Waals surface area (Å²) in [5.74, 6) is 0.0840. The van der Waals surface area contributed by atoms with E-state index in [9.17, 15) is 15.0 Å². The van der Waals surface area contributed by atoms with Crippen LogP contribution in [0.5, 0.6) is 0 Å². The van der Waals surface area contributed by atoms with E-state index in [0.717, 1.165) is 5.56 Å². The van der Waals surface area contributed by atoms with Gasteiger partial charge >= 0.3 is 0 Å². The summed E-state index contributed by atoms with van der Waals surface area (Å²) in [6.45, 7) is 0.585. The molecule has 3 rings (SSSR count). The van der Waals surface area contributed by atoms with Crippen molar-refractivity contribution in [1.29, 1.82) is 0 Å². The number of hydrogen-bond acceptors (Lipinski definition) is 4. The van der Waals surface area contributed by atoms with E-state index in [2.05, 4.69) is 0 Å². The molecule has 1 aliphatic heterocycles. The molecule has 5 nitrogen and oxygen atoms in total. The maximum Gasteiger partial charge on any atom is 0.289 e. The molecule has 1 aromatic carbocycles. The van der Waals surface area contributed by atoms with Crippen LogP contribution in [0.1, 0.15) is 22.5 Å². The van der Waals surface area contributed by atoms with Crippen molar-refractivity contribution in [2.75, 3.05) is 19.7 Å². The second-order valence-electron chi connectivity index (χ2n) is 6.19. The lowest BCUT2D eigenvalue weighted by atomic mass is 9.73. The average Bonchev–Trinajstić information content (AvgIpc) is 3.12. The van der Waals surface area contributed by atoms with E-state index >= 15 is 0 Å². The first-order chi connectivity index (χ1) is 11.1. The monoisotopic (exact) mass is 315 g/mol. The van der Waals surface area contributed by atoms with Gasteiger partial charge in [-0.15, -0.1) is 0 Å². The van der Waals surface area contributed by atoms with Crippen LogP contribution in [0, 0.1) is 5.41 Å². The first-order valence-corrected chi connectivity index (χ1v) is 7.80. The first-order valence-electron chi connectivity index (χ1n) is 7.80. The number of furan rings is 1. The number of aliphatic hydroxyl groups excluding tert-OH is 2. The lowest BCUT2D eigenvalue weighted by molar-refractivity contribution is -0.0673. The van der Waals surface area contributed by atoms with Gasteiger partial charge in [0.15, 0.2) is 5.76 Å². The molecule has 2 N–H and O–H groups in total. The summed E-state index contributed by atoms with van der Waals surface area (Å²) in [6.07, 6.45) is 1.79. The topological polar surface area (TPSA) is 73.9 Å². The van der Waals surface area contributed by atoms with E-state index in [-0.39, 0.29) is 18.3 Å². The molecule has 2 heterocycles. The van der Waals surface area contributed by atoms with Gasteiger partial charge < -0.3 is 19.5 Å². The third-order valence-electron chi connectivity index (χ3n) is 4.62. The van der Waals surface area contributed by atoms with Crippen molar-refractivity contribution >= 4 is 5.91 Å². The van der Waals surface area contributed by atoms with Gasteiger partial charge in [-0.3, -0.25) is 4.79 Å². The zero-order chi connectivity index (χ0) is 16.3. The lowest BCUT2D eigenvalue weighted by Crippen LogP contribution is -2.56. The lowest BCUT2D eigenvalue weighted by Gasteiger charge is -2.45. The number of likely N-dealkylation sites (tertiary alicyclic amines) is 1. The molecule has 0 unspecified atom stereocenters. The molecular weight excluding hydrogens is 294 g/mol. The smallest absolute Gasteiger partial charge is 0.289 e. The van der Waals surface area contributed by atoms with E-state index in [0.29, 0.717) is 25.9 Å². The number of hydrogen-bond donors (Lipinski definition) is 2. The van der Waals surface area contributed by atoms with Gasteiger partial charge in [-0.1, -0.05) is 30.3 Å². The molecule has 5 heteroatoms. The van der Waals surface area contributed by atoms with Gasteiger partial charge in [-0.2, -0.15) is 0 Å². The fourth-order valence-corrected chi connectivity index (χ4v) is 3.27. The van der Waals surface area contributed by atoms with Crippen molar-refractivity contribution in [3.63, 3.8) is 0 Å². The van der Waals surface area contributed by atoms with E-state index in [1.54, 1.807) is 17.0 Å². The Morgan fingerprint density at radius 3 is 2.70 bits per heavy atom. The molecule has 1 saturated heterocycles. The normalized spacial score (nSPS) is 24.6. The molecule has 2 aromatic rings. The highest BCUT2D eigenvalue weighted by atomic mass is 16.3. The summed E-state index contributed by atoms with van der Waals surface area (Å²) in [4.78, 5) is 14.2. The average molecular weight is 315 g/mol. The zero-order valence-corrected chi connectivity index (χ0v) is 12.9. The molecule has 0 radical (unpaired) electrons. The highest BCUT2D eigenvalue weighted by molar-refractivity contribution is 5.91. The van der Waals surface area contributed by atoms with Gasteiger partial charge in [-0.05, 0) is 30.5 Å². The van der Waals surface area contributed by atoms with Gasteiger partial charge in [0.2, 0.25) is 0 Å². The summed E-state index contributed by atoms with van der Waals surface area (Å²) < 4.78 is 5.18. The van der Waals surface area contributed by atoms with E-state index in [1.807, 2.05) is 30.3 Å². The first kappa shape index (κ1) is 15.8. The molecule has 1 amide bonds. The van der Waals surface area contributed by atoms with Crippen molar-refractivity contribution < 1.29 is 19.4 Å². The molecule has 1 aromatic heterocycles.